The Morgan fingerprint density at radius 1 is 1.06 bits per heavy atom. The highest BCUT2D eigenvalue weighted by atomic mass is 16.5. The lowest BCUT2D eigenvalue weighted by molar-refractivity contribution is -0.146. The van der Waals surface area contributed by atoms with E-state index in [4.69, 9.17) is 14.6 Å². The SMILES string of the molecule is Cc1cccc(CCOc2cc(C(=O)N[C@]3(C(=O)O)CC[C@@H](C)CC3)ccc2OCCO)c1. The molecular weight excluding hydrogens is 422 g/mol. The summed E-state index contributed by atoms with van der Waals surface area (Å²) in [5.41, 5.74) is 1.36. The molecule has 7 heteroatoms. The van der Waals surface area contributed by atoms with Crippen molar-refractivity contribution in [2.45, 2.75) is 51.5 Å². The van der Waals surface area contributed by atoms with Crippen LogP contribution in [0.1, 0.15) is 54.1 Å². The first kappa shape index (κ1) is 24.6. The maximum atomic E-state index is 13.0. The second-order valence-electron chi connectivity index (χ2n) is 8.85. The van der Waals surface area contributed by atoms with E-state index in [1.807, 2.05) is 25.1 Å². The Morgan fingerprint density at radius 2 is 1.79 bits per heavy atom. The lowest BCUT2D eigenvalue weighted by atomic mass is 9.77. The quantitative estimate of drug-likeness (QED) is 0.504. The molecule has 1 aliphatic carbocycles. The summed E-state index contributed by atoms with van der Waals surface area (Å²) in [6.07, 6.45) is 3.01. The van der Waals surface area contributed by atoms with E-state index in [0.29, 0.717) is 48.8 Å². The van der Waals surface area contributed by atoms with Crippen LogP contribution in [-0.4, -0.2) is 47.4 Å². The summed E-state index contributed by atoms with van der Waals surface area (Å²) in [6, 6.07) is 12.9. The third kappa shape index (κ3) is 6.48. The van der Waals surface area contributed by atoms with Gasteiger partial charge in [0.25, 0.3) is 5.91 Å². The Hall–Kier alpha value is -3.06. The molecule has 1 amide bonds. The third-order valence-electron chi connectivity index (χ3n) is 6.18. The summed E-state index contributed by atoms with van der Waals surface area (Å²) >= 11 is 0. The smallest absolute Gasteiger partial charge is 0.329 e. The number of carbonyl (C=O) groups excluding carboxylic acids is 1. The van der Waals surface area contributed by atoms with Gasteiger partial charge in [-0.15, -0.1) is 0 Å². The fraction of sp³-hybridized carbons (Fsp3) is 0.462. The summed E-state index contributed by atoms with van der Waals surface area (Å²) < 4.78 is 11.5. The van der Waals surface area contributed by atoms with Crippen molar-refractivity contribution < 1.29 is 29.3 Å². The topological polar surface area (TPSA) is 105 Å². The molecule has 0 unspecified atom stereocenters. The van der Waals surface area contributed by atoms with Crippen molar-refractivity contribution >= 4 is 11.9 Å². The van der Waals surface area contributed by atoms with Crippen molar-refractivity contribution in [3.8, 4) is 11.5 Å². The Labute approximate surface area is 194 Å². The van der Waals surface area contributed by atoms with Crippen LogP contribution in [0.4, 0.5) is 0 Å². The molecular formula is C26H33NO6. The van der Waals surface area contributed by atoms with Gasteiger partial charge in [-0.2, -0.15) is 0 Å². The highest BCUT2D eigenvalue weighted by Crippen LogP contribution is 2.33. The van der Waals surface area contributed by atoms with Gasteiger partial charge in [-0.1, -0.05) is 36.8 Å². The molecule has 0 atom stereocenters. The summed E-state index contributed by atoms with van der Waals surface area (Å²) in [6.45, 7) is 4.45. The van der Waals surface area contributed by atoms with Crippen LogP contribution in [-0.2, 0) is 11.2 Å². The predicted octanol–water partition coefficient (Wildman–Crippen LogP) is 3.75. The molecule has 0 aliphatic heterocycles. The maximum absolute atomic E-state index is 13.0. The number of benzene rings is 2. The van der Waals surface area contributed by atoms with Crippen LogP contribution in [0.2, 0.25) is 0 Å². The van der Waals surface area contributed by atoms with E-state index in [1.54, 1.807) is 18.2 Å². The molecule has 33 heavy (non-hydrogen) atoms. The number of ether oxygens (including phenoxy) is 2. The molecule has 0 aromatic heterocycles. The number of carboxylic acid groups (broad SMARTS) is 1. The lowest BCUT2D eigenvalue weighted by Gasteiger charge is -2.36. The van der Waals surface area contributed by atoms with Crippen LogP contribution in [0.15, 0.2) is 42.5 Å². The first-order valence-electron chi connectivity index (χ1n) is 11.4. The van der Waals surface area contributed by atoms with Gasteiger partial charge in [0, 0.05) is 12.0 Å². The number of aliphatic carboxylic acids is 1. The third-order valence-corrected chi connectivity index (χ3v) is 6.18. The molecule has 1 aliphatic rings. The van der Waals surface area contributed by atoms with Crippen LogP contribution >= 0.6 is 0 Å². The standard InChI is InChI=1S/C26H33NO6/c1-18-8-11-26(12-9-18,25(30)31)27-24(29)21-6-7-22(33-15-13-28)23(17-21)32-14-10-20-5-3-4-19(2)16-20/h3-7,16-18,28H,8-15H2,1-2H3,(H,27,29)(H,30,31)/t18-,26-. The maximum Gasteiger partial charge on any atom is 0.329 e. The second kappa shape index (κ2) is 11.2. The van der Waals surface area contributed by atoms with Crippen molar-refractivity contribution in [3.63, 3.8) is 0 Å². The monoisotopic (exact) mass is 455 g/mol. The van der Waals surface area contributed by atoms with Crippen molar-refractivity contribution in [1.82, 2.24) is 5.32 Å². The molecule has 0 spiro atoms. The highest BCUT2D eigenvalue weighted by molar-refractivity contribution is 5.98. The van der Waals surface area contributed by atoms with Gasteiger partial charge in [-0.25, -0.2) is 4.79 Å². The number of carboxylic acids is 1. The Kier molecular flexibility index (Phi) is 8.33. The van der Waals surface area contributed by atoms with E-state index in [1.165, 1.54) is 5.56 Å². The largest absolute Gasteiger partial charge is 0.489 e. The van der Waals surface area contributed by atoms with Crippen molar-refractivity contribution in [3.05, 3.63) is 59.2 Å². The van der Waals surface area contributed by atoms with Gasteiger partial charge in [0.15, 0.2) is 11.5 Å². The fourth-order valence-corrected chi connectivity index (χ4v) is 4.12. The first-order valence-corrected chi connectivity index (χ1v) is 11.4. The Bertz CT molecular complexity index is 965. The van der Waals surface area contributed by atoms with Gasteiger partial charge in [0.05, 0.1) is 13.2 Å². The van der Waals surface area contributed by atoms with Crippen LogP contribution in [0, 0.1) is 12.8 Å². The van der Waals surface area contributed by atoms with Gasteiger partial charge in [0.2, 0.25) is 0 Å². The van der Waals surface area contributed by atoms with Gasteiger partial charge in [0.1, 0.15) is 12.1 Å². The molecule has 178 valence electrons. The number of hydrogen-bond acceptors (Lipinski definition) is 5. The van der Waals surface area contributed by atoms with Gasteiger partial charge >= 0.3 is 5.97 Å². The van der Waals surface area contributed by atoms with Crippen LogP contribution in [0.5, 0.6) is 11.5 Å². The van der Waals surface area contributed by atoms with Gasteiger partial charge in [-0.3, -0.25) is 4.79 Å². The van der Waals surface area contributed by atoms with E-state index in [2.05, 4.69) is 18.3 Å². The first-order chi connectivity index (χ1) is 15.8. The molecule has 0 saturated heterocycles. The lowest BCUT2D eigenvalue weighted by Crippen LogP contribution is -2.56. The zero-order chi connectivity index (χ0) is 23.8. The van der Waals surface area contributed by atoms with E-state index < -0.39 is 17.4 Å². The molecule has 0 heterocycles. The number of aliphatic hydroxyl groups is 1. The molecule has 2 aromatic carbocycles. The number of rotatable bonds is 10. The van der Waals surface area contributed by atoms with Crippen molar-refractivity contribution in [2.75, 3.05) is 19.8 Å². The molecule has 1 fully saturated rings. The number of nitrogens with one attached hydrogen (secondary N) is 1. The number of hydrogen-bond donors (Lipinski definition) is 3. The summed E-state index contributed by atoms with van der Waals surface area (Å²) in [4.78, 5) is 25.0. The fourth-order valence-electron chi connectivity index (χ4n) is 4.12. The van der Waals surface area contributed by atoms with Crippen LogP contribution < -0.4 is 14.8 Å². The number of aliphatic hydroxyl groups excluding tert-OH is 1. The number of aryl methyl sites for hydroxylation is 1. The number of amides is 1. The van der Waals surface area contributed by atoms with Crippen molar-refractivity contribution in [2.24, 2.45) is 5.92 Å². The van der Waals surface area contributed by atoms with E-state index in [-0.39, 0.29) is 13.2 Å². The second-order valence-corrected chi connectivity index (χ2v) is 8.85. The normalized spacial score (nSPS) is 20.2. The van der Waals surface area contributed by atoms with Crippen LogP contribution in [0.25, 0.3) is 0 Å². The van der Waals surface area contributed by atoms with Crippen LogP contribution in [0.3, 0.4) is 0 Å². The van der Waals surface area contributed by atoms with Gasteiger partial charge < -0.3 is 25.0 Å². The van der Waals surface area contributed by atoms with E-state index in [9.17, 15) is 14.7 Å². The molecule has 0 radical (unpaired) electrons. The van der Waals surface area contributed by atoms with E-state index >= 15 is 0 Å². The molecule has 1 saturated carbocycles. The minimum absolute atomic E-state index is 0.0973. The Morgan fingerprint density at radius 3 is 2.45 bits per heavy atom. The Balaban J connectivity index is 1.74. The molecule has 7 nitrogen and oxygen atoms in total. The average Bonchev–Trinajstić information content (AvgIpc) is 2.79. The molecule has 3 rings (SSSR count). The van der Waals surface area contributed by atoms with Crippen molar-refractivity contribution in [1.29, 1.82) is 0 Å². The summed E-state index contributed by atoms with van der Waals surface area (Å²) in [7, 11) is 0. The molecule has 3 N–H and O–H groups in total. The van der Waals surface area contributed by atoms with Gasteiger partial charge in [-0.05, 0) is 62.3 Å². The minimum Gasteiger partial charge on any atom is -0.489 e. The number of carbonyl (C=O) groups is 2. The summed E-state index contributed by atoms with van der Waals surface area (Å²) in [5, 5.41) is 21.7. The predicted molar refractivity (Wildman–Crippen MR) is 125 cm³/mol. The zero-order valence-corrected chi connectivity index (χ0v) is 19.3. The summed E-state index contributed by atoms with van der Waals surface area (Å²) in [5.74, 6) is -0.204. The minimum atomic E-state index is -1.25. The molecule has 2 aromatic rings. The average molecular weight is 456 g/mol. The highest BCUT2D eigenvalue weighted by Gasteiger charge is 2.42. The molecule has 0 bridgehead atoms. The van der Waals surface area contributed by atoms with E-state index in [0.717, 1.165) is 18.4 Å². The zero-order valence-electron chi connectivity index (χ0n) is 19.3.